The number of halogens is 1. The van der Waals surface area contributed by atoms with Crippen LogP contribution in [0.2, 0.25) is 5.02 Å². The van der Waals surface area contributed by atoms with Crippen molar-refractivity contribution in [3.8, 4) is 0 Å². The third kappa shape index (κ3) is 3.71. The minimum atomic E-state index is -0.153. The molecule has 158 valence electrons. The number of para-hydroxylation sites is 1. The lowest BCUT2D eigenvalue weighted by Crippen LogP contribution is -2.40. The van der Waals surface area contributed by atoms with Crippen LogP contribution < -0.4 is 4.90 Å². The minimum absolute atomic E-state index is 0.117. The van der Waals surface area contributed by atoms with Crippen molar-refractivity contribution < 1.29 is 9.59 Å². The second kappa shape index (κ2) is 8.41. The molecule has 1 aliphatic carbocycles. The van der Waals surface area contributed by atoms with Gasteiger partial charge in [0, 0.05) is 16.6 Å². The molecule has 0 radical (unpaired) electrons. The summed E-state index contributed by atoms with van der Waals surface area (Å²) in [6.45, 7) is 0.416. The average Bonchev–Trinajstić information content (AvgIpc) is 3.22. The number of hydrogen-bond donors (Lipinski definition) is 0. The Kier molecular flexibility index (Phi) is 5.63. The number of rotatable bonds is 3. The zero-order valence-electron chi connectivity index (χ0n) is 16.8. The van der Waals surface area contributed by atoms with Gasteiger partial charge in [0.25, 0.3) is 11.8 Å². The molecule has 3 aliphatic rings. The molecule has 0 aromatic heterocycles. The highest BCUT2D eigenvalue weighted by molar-refractivity contribution is 8.26. The fourth-order valence-electron chi connectivity index (χ4n) is 4.61. The summed E-state index contributed by atoms with van der Waals surface area (Å²) in [7, 11) is 0. The fraction of sp³-hybridized carbons (Fsp3) is 0.292. The first-order valence-electron chi connectivity index (χ1n) is 10.5. The number of hydrogen-bond acceptors (Lipinski definition) is 4. The number of thioether (sulfide) groups is 1. The van der Waals surface area contributed by atoms with Crippen molar-refractivity contribution in [3.63, 3.8) is 0 Å². The van der Waals surface area contributed by atoms with Crippen molar-refractivity contribution in [1.82, 2.24) is 4.90 Å². The average molecular weight is 469 g/mol. The molecule has 7 heteroatoms. The number of amides is 2. The third-order valence-corrected chi connectivity index (χ3v) is 7.80. The standard InChI is InChI=1S/C24H21ClN2O2S2/c25-16-12-10-15(11-13-16)14-26-19-9-5-4-8-18(19)20(22(26)28)21-23(29)27(24(30)31-21)17-6-2-1-3-7-17/h4-5,8-13,17H,1-3,6-7,14H2. The topological polar surface area (TPSA) is 40.6 Å². The van der Waals surface area contributed by atoms with Crippen LogP contribution in [0.1, 0.15) is 43.2 Å². The van der Waals surface area contributed by atoms with Gasteiger partial charge in [-0.3, -0.25) is 14.5 Å². The summed E-state index contributed by atoms with van der Waals surface area (Å²) in [5.41, 5.74) is 3.06. The van der Waals surface area contributed by atoms with Gasteiger partial charge in [-0.1, -0.05) is 85.2 Å². The Bertz CT molecular complexity index is 1110. The van der Waals surface area contributed by atoms with Crippen LogP contribution in [0.5, 0.6) is 0 Å². The lowest BCUT2D eigenvalue weighted by atomic mass is 9.94. The molecular formula is C24H21ClN2O2S2. The molecule has 0 bridgehead atoms. The first-order valence-corrected chi connectivity index (χ1v) is 12.1. The van der Waals surface area contributed by atoms with E-state index in [0.717, 1.165) is 42.5 Å². The van der Waals surface area contributed by atoms with E-state index in [2.05, 4.69) is 0 Å². The normalized spacial score (nSPS) is 21.9. The number of carbonyl (C=O) groups excluding carboxylic acids is 2. The molecule has 1 saturated heterocycles. The molecule has 0 N–H and O–H groups in total. The maximum Gasteiger partial charge on any atom is 0.267 e. The van der Waals surface area contributed by atoms with Gasteiger partial charge in [0.1, 0.15) is 4.32 Å². The van der Waals surface area contributed by atoms with Crippen LogP contribution in [-0.4, -0.2) is 27.1 Å². The van der Waals surface area contributed by atoms with E-state index in [1.54, 1.807) is 9.80 Å². The van der Waals surface area contributed by atoms with Crippen molar-refractivity contribution in [1.29, 1.82) is 0 Å². The predicted octanol–water partition coefficient (Wildman–Crippen LogP) is 5.79. The zero-order valence-corrected chi connectivity index (χ0v) is 19.2. The Morgan fingerprint density at radius 3 is 2.42 bits per heavy atom. The molecule has 2 fully saturated rings. The second-order valence-electron chi connectivity index (χ2n) is 8.07. The van der Waals surface area contributed by atoms with Gasteiger partial charge in [0.2, 0.25) is 0 Å². The molecule has 0 unspecified atom stereocenters. The number of carbonyl (C=O) groups is 2. The Morgan fingerprint density at radius 2 is 1.68 bits per heavy atom. The lowest BCUT2D eigenvalue weighted by Gasteiger charge is -2.29. The van der Waals surface area contributed by atoms with Gasteiger partial charge < -0.3 is 4.90 Å². The van der Waals surface area contributed by atoms with Gasteiger partial charge in [-0.05, 0) is 36.6 Å². The number of benzene rings is 2. The summed E-state index contributed by atoms with van der Waals surface area (Å²) in [5, 5.41) is 0.656. The van der Waals surface area contributed by atoms with Gasteiger partial charge in [0.15, 0.2) is 0 Å². The van der Waals surface area contributed by atoms with E-state index in [-0.39, 0.29) is 17.9 Å². The van der Waals surface area contributed by atoms with Crippen molar-refractivity contribution in [2.45, 2.75) is 44.7 Å². The minimum Gasteiger partial charge on any atom is -0.303 e. The van der Waals surface area contributed by atoms with Gasteiger partial charge in [-0.25, -0.2) is 0 Å². The highest BCUT2D eigenvalue weighted by Crippen LogP contribution is 2.46. The quantitative estimate of drug-likeness (QED) is 0.422. The smallest absolute Gasteiger partial charge is 0.267 e. The summed E-state index contributed by atoms with van der Waals surface area (Å²) in [5.74, 6) is -0.270. The van der Waals surface area contributed by atoms with E-state index in [4.69, 9.17) is 23.8 Å². The van der Waals surface area contributed by atoms with Crippen LogP contribution >= 0.6 is 35.6 Å². The summed E-state index contributed by atoms with van der Waals surface area (Å²) in [6, 6.07) is 15.3. The monoisotopic (exact) mass is 468 g/mol. The van der Waals surface area contributed by atoms with Crippen LogP contribution in [0.3, 0.4) is 0 Å². The molecule has 0 atom stereocenters. The van der Waals surface area contributed by atoms with E-state index in [0.29, 0.717) is 26.4 Å². The molecular weight excluding hydrogens is 448 g/mol. The van der Waals surface area contributed by atoms with E-state index >= 15 is 0 Å². The third-order valence-electron chi connectivity index (χ3n) is 6.14. The largest absolute Gasteiger partial charge is 0.303 e. The Labute approximate surface area is 196 Å². The molecule has 2 heterocycles. The second-order valence-corrected chi connectivity index (χ2v) is 10.2. The summed E-state index contributed by atoms with van der Waals surface area (Å²) >= 11 is 12.9. The fourth-order valence-corrected chi connectivity index (χ4v) is 6.21. The number of nitrogens with zero attached hydrogens (tertiary/aromatic N) is 2. The Morgan fingerprint density at radius 1 is 0.968 bits per heavy atom. The van der Waals surface area contributed by atoms with Crippen molar-refractivity contribution in [2.24, 2.45) is 0 Å². The van der Waals surface area contributed by atoms with Gasteiger partial charge in [0.05, 0.1) is 22.7 Å². The van der Waals surface area contributed by atoms with Crippen LogP contribution in [0.15, 0.2) is 53.4 Å². The Hall–Kier alpha value is -2.15. The van der Waals surface area contributed by atoms with Gasteiger partial charge >= 0.3 is 0 Å². The number of thiocarbonyl (C=S) groups is 1. The number of anilines is 1. The van der Waals surface area contributed by atoms with Gasteiger partial charge in [-0.2, -0.15) is 0 Å². The summed E-state index contributed by atoms with van der Waals surface area (Å²) in [4.78, 5) is 31.0. The molecule has 31 heavy (non-hydrogen) atoms. The molecule has 1 saturated carbocycles. The predicted molar refractivity (Wildman–Crippen MR) is 130 cm³/mol. The van der Waals surface area contributed by atoms with Crippen LogP contribution in [0.4, 0.5) is 5.69 Å². The van der Waals surface area contributed by atoms with Gasteiger partial charge in [-0.15, -0.1) is 0 Å². The SMILES string of the molecule is O=C1C(=C2SC(=S)N(C3CCCCC3)C2=O)c2ccccc2N1Cc1ccc(Cl)cc1. The Balaban J connectivity index is 1.52. The summed E-state index contributed by atoms with van der Waals surface area (Å²) in [6.07, 6.45) is 5.39. The zero-order chi connectivity index (χ0) is 21.5. The highest BCUT2D eigenvalue weighted by Gasteiger charge is 2.44. The molecule has 0 spiro atoms. The summed E-state index contributed by atoms with van der Waals surface area (Å²) < 4.78 is 0.570. The number of fused-ring (bicyclic) bond motifs is 1. The maximum atomic E-state index is 13.6. The van der Waals surface area contributed by atoms with Crippen LogP contribution in [0, 0.1) is 0 Å². The van der Waals surface area contributed by atoms with Crippen LogP contribution in [-0.2, 0) is 16.1 Å². The first kappa shape index (κ1) is 20.7. The molecule has 2 aliphatic heterocycles. The van der Waals surface area contributed by atoms with Crippen molar-refractivity contribution >= 4 is 63.0 Å². The van der Waals surface area contributed by atoms with E-state index in [1.807, 2.05) is 48.5 Å². The molecule has 5 rings (SSSR count). The van der Waals surface area contributed by atoms with Crippen molar-refractivity contribution in [3.05, 3.63) is 69.6 Å². The highest BCUT2D eigenvalue weighted by atomic mass is 35.5. The maximum absolute atomic E-state index is 13.6. The molecule has 2 aromatic carbocycles. The van der Waals surface area contributed by atoms with E-state index in [9.17, 15) is 9.59 Å². The van der Waals surface area contributed by atoms with Crippen molar-refractivity contribution in [2.75, 3.05) is 4.90 Å². The molecule has 4 nitrogen and oxygen atoms in total. The molecule has 2 aromatic rings. The van der Waals surface area contributed by atoms with E-state index < -0.39 is 0 Å². The van der Waals surface area contributed by atoms with E-state index in [1.165, 1.54) is 18.2 Å². The lowest BCUT2D eigenvalue weighted by molar-refractivity contribution is -0.124. The van der Waals surface area contributed by atoms with Crippen LogP contribution in [0.25, 0.3) is 5.57 Å². The first-order chi connectivity index (χ1) is 15.0. The molecule has 2 amide bonds.